The van der Waals surface area contributed by atoms with Crippen molar-refractivity contribution < 1.29 is 17.9 Å². The summed E-state index contributed by atoms with van der Waals surface area (Å²) in [4.78, 5) is 11.2. The summed E-state index contributed by atoms with van der Waals surface area (Å²) in [7, 11) is -1.93. The predicted molar refractivity (Wildman–Crippen MR) is 61.6 cm³/mol. The number of rotatable bonds is 6. The Labute approximate surface area is 96.8 Å². The van der Waals surface area contributed by atoms with Crippen LogP contribution < -0.4 is 10.0 Å². The summed E-state index contributed by atoms with van der Waals surface area (Å²) in [5, 5.41) is 2.46. The van der Waals surface area contributed by atoms with Crippen LogP contribution in [0.3, 0.4) is 0 Å². The van der Waals surface area contributed by atoms with Gasteiger partial charge in [-0.2, -0.15) is 0 Å². The minimum Gasteiger partial charge on any atom is -0.366 e. The summed E-state index contributed by atoms with van der Waals surface area (Å²) in [6.45, 7) is 5.53. The minimum absolute atomic E-state index is 0.0664. The molecule has 0 aromatic rings. The number of ether oxygens (including phenoxy) is 1. The Morgan fingerprint density at radius 1 is 1.31 bits per heavy atom. The number of hydrogen-bond acceptors (Lipinski definition) is 4. The largest absolute Gasteiger partial charge is 0.366 e. The van der Waals surface area contributed by atoms with Gasteiger partial charge in [0.1, 0.15) is 6.61 Å². The fourth-order valence-corrected chi connectivity index (χ4v) is 1.33. The van der Waals surface area contributed by atoms with E-state index in [-0.39, 0.29) is 30.4 Å². The average molecular weight is 252 g/mol. The smallest absolute Gasteiger partial charge is 0.246 e. The van der Waals surface area contributed by atoms with Crippen molar-refractivity contribution in [3.63, 3.8) is 0 Å². The highest BCUT2D eigenvalue weighted by Crippen LogP contribution is 2.05. The molecule has 6 nitrogen and oxygen atoms in total. The van der Waals surface area contributed by atoms with Gasteiger partial charge in [0, 0.05) is 6.54 Å². The maximum absolute atomic E-state index is 11.2. The van der Waals surface area contributed by atoms with Crippen LogP contribution in [-0.2, 0) is 19.6 Å². The Hall–Kier alpha value is -0.660. The summed E-state index contributed by atoms with van der Waals surface area (Å²) in [6.07, 6.45) is 0. The van der Waals surface area contributed by atoms with Gasteiger partial charge in [0.25, 0.3) is 0 Å². The number of sulfonamides is 1. The van der Waals surface area contributed by atoms with Gasteiger partial charge in [0.15, 0.2) is 0 Å². The Bertz CT molecular complexity index is 319. The van der Waals surface area contributed by atoms with E-state index in [0.717, 1.165) is 0 Å². The minimum atomic E-state index is -3.26. The predicted octanol–water partition coefficient (Wildman–Crippen LogP) is -0.533. The first-order chi connectivity index (χ1) is 7.16. The van der Waals surface area contributed by atoms with Crippen LogP contribution in [0.2, 0.25) is 0 Å². The maximum Gasteiger partial charge on any atom is 0.246 e. The molecule has 0 saturated heterocycles. The van der Waals surface area contributed by atoms with E-state index in [0.29, 0.717) is 0 Å². The monoisotopic (exact) mass is 252 g/mol. The number of carbonyl (C=O) groups is 1. The molecule has 0 aromatic carbocycles. The Morgan fingerprint density at radius 3 is 2.31 bits per heavy atom. The summed E-state index contributed by atoms with van der Waals surface area (Å²) in [5.41, 5.74) is -0.381. The molecule has 0 bridgehead atoms. The molecule has 96 valence electrons. The quantitative estimate of drug-likeness (QED) is 0.665. The van der Waals surface area contributed by atoms with Gasteiger partial charge in [-0.1, -0.05) is 0 Å². The molecule has 1 amide bonds. The van der Waals surface area contributed by atoms with Gasteiger partial charge in [-0.05, 0) is 27.8 Å². The molecule has 0 aliphatic rings. The Kier molecular flexibility index (Phi) is 5.91. The summed E-state index contributed by atoms with van der Waals surface area (Å²) in [6, 6.07) is 0. The molecule has 0 unspecified atom stereocenters. The first-order valence-corrected chi connectivity index (χ1v) is 6.63. The Morgan fingerprint density at radius 2 is 1.88 bits per heavy atom. The van der Waals surface area contributed by atoms with E-state index >= 15 is 0 Å². The van der Waals surface area contributed by atoms with E-state index in [4.69, 9.17) is 4.74 Å². The third-order valence-electron chi connectivity index (χ3n) is 1.64. The first-order valence-electron chi connectivity index (χ1n) is 4.98. The number of hydrogen-bond donors (Lipinski definition) is 2. The van der Waals surface area contributed by atoms with Crippen molar-refractivity contribution in [2.75, 3.05) is 26.0 Å². The lowest BCUT2D eigenvalue weighted by molar-refractivity contribution is -0.130. The van der Waals surface area contributed by atoms with E-state index in [9.17, 15) is 13.2 Å². The van der Waals surface area contributed by atoms with Crippen LogP contribution in [0, 0.1) is 0 Å². The second kappa shape index (κ2) is 6.17. The normalized spacial score (nSPS) is 12.5. The first kappa shape index (κ1) is 15.3. The molecule has 0 rings (SSSR count). The molecular weight excluding hydrogens is 232 g/mol. The van der Waals surface area contributed by atoms with Crippen molar-refractivity contribution in [1.82, 2.24) is 10.0 Å². The molecule has 16 heavy (non-hydrogen) atoms. The summed E-state index contributed by atoms with van der Waals surface area (Å²) in [5.74, 6) is -0.452. The molecular formula is C9H20N2O4S. The highest BCUT2D eigenvalue weighted by atomic mass is 32.2. The van der Waals surface area contributed by atoms with Crippen molar-refractivity contribution in [2.45, 2.75) is 26.4 Å². The van der Waals surface area contributed by atoms with E-state index in [1.165, 1.54) is 7.05 Å². The third kappa shape index (κ3) is 8.63. The number of carbonyl (C=O) groups excluding carboxylic acids is 1. The second-order valence-electron chi connectivity index (χ2n) is 4.27. The SMILES string of the molecule is CNS(=O)(=O)CCNC(=O)COC(C)(C)C. The summed E-state index contributed by atoms with van der Waals surface area (Å²) < 4.78 is 29.4. The van der Waals surface area contributed by atoms with Crippen molar-refractivity contribution in [3.8, 4) is 0 Å². The number of nitrogens with one attached hydrogen (secondary N) is 2. The lowest BCUT2D eigenvalue weighted by Gasteiger charge is -2.18. The fourth-order valence-electron chi connectivity index (χ4n) is 0.760. The molecule has 0 aliphatic heterocycles. The molecule has 0 heterocycles. The highest BCUT2D eigenvalue weighted by molar-refractivity contribution is 7.89. The third-order valence-corrected chi connectivity index (χ3v) is 3.00. The number of amides is 1. The van der Waals surface area contributed by atoms with Crippen LogP contribution in [-0.4, -0.2) is 45.9 Å². The van der Waals surface area contributed by atoms with Crippen LogP contribution in [0.15, 0.2) is 0 Å². The molecule has 0 aliphatic carbocycles. The van der Waals surface area contributed by atoms with Gasteiger partial charge in [0.2, 0.25) is 15.9 Å². The van der Waals surface area contributed by atoms with Crippen LogP contribution in [0.5, 0.6) is 0 Å². The van der Waals surface area contributed by atoms with Crippen molar-refractivity contribution in [3.05, 3.63) is 0 Å². The standard InChI is InChI=1S/C9H20N2O4S/c1-9(2,3)15-7-8(12)11-5-6-16(13,14)10-4/h10H,5-7H2,1-4H3,(H,11,12). The molecule has 2 N–H and O–H groups in total. The van der Waals surface area contributed by atoms with Crippen LogP contribution in [0.25, 0.3) is 0 Å². The molecule has 0 radical (unpaired) electrons. The zero-order chi connectivity index (χ0) is 12.8. The topological polar surface area (TPSA) is 84.5 Å². The van der Waals surface area contributed by atoms with Crippen LogP contribution in [0.1, 0.15) is 20.8 Å². The van der Waals surface area contributed by atoms with Gasteiger partial charge < -0.3 is 10.1 Å². The van der Waals surface area contributed by atoms with E-state index in [1.807, 2.05) is 20.8 Å². The van der Waals surface area contributed by atoms with Gasteiger partial charge >= 0.3 is 0 Å². The van der Waals surface area contributed by atoms with Crippen molar-refractivity contribution in [1.29, 1.82) is 0 Å². The molecule has 0 aromatic heterocycles. The van der Waals surface area contributed by atoms with E-state index in [1.54, 1.807) is 0 Å². The molecule has 7 heteroatoms. The van der Waals surface area contributed by atoms with Gasteiger partial charge in [0.05, 0.1) is 11.4 Å². The van der Waals surface area contributed by atoms with Crippen molar-refractivity contribution in [2.24, 2.45) is 0 Å². The van der Waals surface area contributed by atoms with Crippen LogP contribution >= 0.6 is 0 Å². The fraction of sp³-hybridized carbons (Fsp3) is 0.889. The maximum atomic E-state index is 11.2. The van der Waals surface area contributed by atoms with Gasteiger partial charge in [-0.25, -0.2) is 13.1 Å². The Balaban J connectivity index is 3.76. The zero-order valence-electron chi connectivity index (χ0n) is 10.2. The lowest BCUT2D eigenvalue weighted by atomic mass is 10.2. The van der Waals surface area contributed by atoms with E-state index in [2.05, 4.69) is 10.0 Å². The molecule has 0 spiro atoms. The lowest BCUT2D eigenvalue weighted by Crippen LogP contribution is -2.36. The zero-order valence-corrected chi connectivity index (χ0v) is 11.0. The highest BCUT2D eigenvalue weighted by Gasteiger charge is 2.13. The van der Waals surface area contributed by atoms with Gasteiger partial charge in [-0.15, -0.1) is 0 Å². The second-order valence-corrected chi connectivity index (χ2v) is 6.32. The molecule has 0 fully saturated rings. The van der Waals surface area contributed by atoms with Crippen LogP contribution in [0.4, 0.5) is 0 Å². The van der Waals surface area contributed by atoms with Crippen molar-refractivity contribution >= 4 is 15.9 Å². The average Bonchev–Trinajstić information content (AvgIpc) is 2.13. The van der Waals surface area contributed by atoms with Gasteiger partial charge in [-0.3, -0.25) is 4.79 Å². The molecule has 0 saturated carbocycles. The molecule has 0 atom stereocenters. The summed E-state index contributed by atoms with van der Waals surface area (Å²) >= 11 is 0. The van der Waals surface area contributed by atoms with E-state index < -0.39 is 10.0 Å².